The lowest BCUT2D eigenvalue weighted by Crippen LogP contribution is -2.40. The first-order valence-corrected chi connectivity index (χ1v) is 8.82. The molecule has 0 aromatic carbocycles. The van der Waals surface area contributed by atoms with Crippen molar-refractivity contribution in [3.63, 3.8) is 0 Å². The Morgan fingerprint density at radius 2 is 2.16 bits per heavy atom. The number of nitrogens with one attached hydrogen (secondary N) is 1. The predicted molar refractivity (Wildman–Crippen MR) is 75.9 cm³/mol. The molecule has 2 rings (SSSR count). The third-order valence-corrected chi connectivity index (χ3v) is 5.93. The van der Waals surface area contributed by atoms with Gasteiger partial charge in [-0.05, 0) is 19.0 Å². The second-order valence-electron chi connectivity index (χ2n) is 4.44. The molecule has 0 saturated carbocycles. The van der Waals surface area contributed by atoms with Crippen molar-refractivity contribution in [2.45, 2.75) is 24.8 Å². The third kappa shape index (κ3) is 3.76. The second kappa shape index (κ2) is 6.81. The van der Waals surface area contributed by atoms with Crippen LogP contribution in [0.25, 0.3) is 0 Å². The minimum Gasteiger partial charge on any atom is -0.379 e. The first-order valence-electron chi connectivity index (χ1n) is 6.50. The smallest absolute Gasteiger partial charge is 0.244 e. The average molecular weight is 304 g/mol. The van der Waals surface area contributed by atoms with Crippen LogP contribution in [0, 0.1) is 0 Å². The van der Waals surface area contributed by atoms with Crippen LogP contribution in [0.5, 0.6) is 0 Å². The molecular weight excluding hydrogens is 284 g/mol. The van der Waals surface area contributed by atoms with Crippen molar-refractivity contribution in [3.8, 4) is 0 Å². The van der Waals surface area contributed by atoms with E-state index >= 15 is 0 Å². The van der Waals surface area contributed by atoms with Crippen LogP contribution >= 0.6 is 11.3 Å². The predicted octanol–water partition coefficient (Wildman–Crippen LogP) is 1.27. The molecule has 1 fully saturated rings. The molecule has 0 aliphatic carbocycles. The van der Waals surface area contributed by atoms with Crippen LogP contribution in [0.4, 0.5) is 0 Å². The Morgan fingerprint density at radius 1 is 1.42 bits per heavy atom. The molecule has 1 saturated heterocycles. The number of hydrogen-bond donors (Lipinski definition) is 1. The molecule has 1 aromatic rings. The Morgan fingerprint density at radius 3 is 2.84 bits per heavy atom. The highest BCUT2D eigenvalue weighted by Gasteiger charge is 2.27. The lowest BCUT2D eigenvalue weighted by molar-refractivity contribution is 0.0730. The van der Waals surface area contributed by atoms with E-state index in [9.17, 15) is 8.42 Å². The summed E-state index contributed by atoms with van der Waals surface area (Å²) >= 11 is 1.49. The molecule has 2 heterocycles. The zero-order valence-corrected chi connectivity index (χ0v) is 12.7. The van der Waals surface area contributed by atoms with Crippen LogP contribution in [0.1, 0.15) is 18.2 Å². The van der Waals surface area contributed by atoms with E-state index in [0.717, 1.165) is 24.4 Å². The van der Waals surface area contributed by atoms with Crippen LogP contribution in [-0.2, 0) is 21.3 Å². The summed E-state index contributed by atoms with van der Waals surface area (Å²) in [6.07, 6.45) is 1.07. The van der Waals surface area contributed by atoms with Crippen LogP contribution in [-0.4, -0.2) is 45.6 Å². The summed E-state index contributed by atoms with van der Waals surface area (Å²) in [5, 5.41) is 5.01. The quantitative estimate of drug-likeness (QED) is 0.804. The van der Waals surface area contributed by atoms with Gasteiger partial charge in [0.15, 0.2) is 0 Å². The van der Waals surface area contributed by atoms with Gasteiger partial charge in [-0.3, -0.25) is 0 Å². The Bertz CT molecular complexity index is 493. The maximum atomic E-state index is 12.4. The lowest BCUT2D eigenvalue weighted by Gasteiger charge is -2.25. The van der Waals surface area contributed by atoms with Gasteiger partial charge in [-0.15, -0.1) is 11.3 Å². The molecule has 5 nitrogen and oxygen atoms in total. The molecule has 1 N–H and O–H groups in total. The molecular formula is C12H20N2O3S2. The Labute approximate surface area is 118 Å². The largest absolute Gasteiger partial charge is 0.379 e. The first kappa shape index (κ1) is 14.9. The van der Waals surface area contributed by atoms with Gasteiger partial charge in [-0.25, -0.2) is 8.42 Å². The van der Waals surface area contributed by atoms with E-state index in [2.05, 4.69) is 12.2 Å². The van der Waals surface area contributed by atoms with E-state index in [1.807, 2.05) is 0 Å². The number of rotatable bonds is 6. The summed E-state index contributed by atoms with van der Waals surface area (Å²) in [7, 11) is -3.34. The maximum Gasteiger partial charge on any atom is 0.244 e. The lowest BCUT2D eigenvalue weighted by atomic mass is 10.4. The number of ether oxygens (including phenoxy) is 1. The van der Waals surface area contributed by atoms with Gasteiger partial charge in [0.2, 0.25) is 10.0 Å². The number of sulfonamides is 1. The van der Waals surface area contributed by atoms with Gasteiger partial charge >= 0.3 is 0 Å². The van der Waals surface area contributed by atoms with Gasteiger partial charge in [-0.2, -0.15) is 4.31 Å². The molecule has 0 unspecified atom stereocenters. The Hall–Kier alpha value is -0.470. The molecule has 0 bridgehead atoms. The summed E-state index contributed by atoms with van der Waals surface area (Å²) in [4.78, 5) is 1.47. The highest BCUT2D eigenvalue weighted by Crippen LogP contribution is 2.23. The number of morpholine rings is 1. The minimum atomic E-state index is -3.34. The highest BCUT2D eigenvalue weighted by atomic mass is 32.2. The van der Waals surface area contributed by atoms with E-state index in [-0.39, 0.29) is 0 Å². The third-order valence-electron chi connectivity index (χ3n) is 2.96. The van der Waals surface area contributed by atoms with Crippen LogP contribution in [0.3, 0.4) is 0 Å². The van der Waals surface area contributed by atoms with Crippen molar-refractivity contribution in [2.75, 3.05) is 32.8 Å². The average Bonchev–Trinajstić information content (AvgIpc) is 2.90. The fourth-order valence-corrected chi connectivity index (χ4v) is 4.55. The zero-order chi connectivity index (χ0) is 13.7. The number of nitrogens with zero attached hydrogens (tertiary/aromatic N) is 1. The van der Waals surface area contributed by atoms with Crippen molar-refractivity contribution in [2.24, 2.45) is 0 Å². The second-order valence-corrected chi connectivity index (χ2v) is 7.38. The fraction of sp³-hybridized carbons (Fsp3) is 0.667. The van der Waals surface area contributed by atoms with Gasteiger partial charge in [-0.1, -0.05) is 6.92 Å². The first-order chi connectivity index (χ1) is 9.14. The fourth-order valence-electron chi connectivity index (χ4n) is 1.91. The molecule has 0 amide bonds. The van der Waals surface area contributed by atoms with Gasteiger partial charge in [0.1, 0.15) is 0 Å². The molecule has 7 heteroatoms. The summed E-state index contributed by atoms with van der Waals surface area (Å²) in [5.41, 5.74) is 0. The van der Waals surface area contributed by atoms with E-state index in [0.29, 0.717) is 31.2 Å². The Balaban J connectivity index is 2.03. The number of thiophene rings is 1. The van der Waals surface area contributed by atoms with Crippen molar-refractivity contribution in [1.82, 2.24) is 9.62 Å². The Kier molecular flexibility index (Phi) is 5.35. The van der Waals surface area contributed by atoms with Crippen molar-refractivity contribution >= 4 is 21.4 Å². The van der Waals surface area contributed by atoms with Crippen LogP contribution in [0.15, 0.2) is 16.3 Å². The van der Waals surface area contributed by atoms with E-state index in [1.165, 1.54) is 15.6 Å². The minimum absolute atomic E-state index is 0.410. The molecule has 19 heavy (non-hydrogen) atoms. The molecule has 0 atom stereocenters. The molecule has 0 spiro atoms. The zero-order valence-electron chi connectivity index (χ0n) is 11.1. The molecule has 1 aromatic heterocycles. The van der Waals surface area contributed by atoms with Crippen molar-refractivity contribution in [3.05, 3.63) is 16.3 Å². The standard InChI is InChI=1S/C12H20N2O3S2/c1-2-3-13-9-11-8-12(10-18-11)19(15,16)14-4-6-17-7-5-14/h8,10,13H,2-7,9H2,1H3. The molecule has 0 radical (unpaired) electrons. The highest BCUT2D eigenvalue weighted by molar-refractivity contribution is 7.89. The van der Waals surface area contributed by atoms with Gasteiger partial charge in [0.25, 0.3) is 0 Å². The maximum absolute atomic E-state index is 12.4. The van der Waals surface area contributed by atoms with Gasteiger partial charge < -0.3 is 10.1 Å². The molecule has 108 valence electrons. The van der Waals surface area contributed by atoms with Crippen LogP contribution < -0.4 is 5.32 Å². The summed E-state index contributed by atoms with van der Waals surface area (Å²) in [5.74, 6) is 0. The van der Waals surface area contributed by atoms with Crippen molar-refractivity contribution < 1.29 is 13.2 Å². The van der Waals surface area contributed by atoms with E-state index < -0.39 is 10.0 Å². The van der Waals surface area contributed by atoms with Gasteiger partial charge in [0.05, 0.1) is 18.1 Å². The van der Waals surface area contributed by atoms with Gasteiger partial charge in [0, 0.05) is 29.9 Å². The monoisotopic (exact) mass is 304 g/mol. The summed E-state index contributed by atoms with van der Waals surface area (Å²) in [6.45, 7) is 5.64. The van der Waals surface area contributed by atoms with E-state index in [1.54, 1.807) is 11.4 Å². The SMILES string of the molecule is CCCNCc1cc(S(=O)(=O)N2CCOCC2)cs1. The van der Waals surface area contributed by atoms with Crippen LogP contribution in [0.2, 0.25) is 0 Å². The normalized spacial score (nSPS) is 17.7. The summed E-state index contributed by atoms with van der Waals surface area (Å²) < 4.78 is 31.5. The molecule has 1 aliphatic rings. The molecule has 1 aliphatic heterocycles. The summed E-state index contributed by atoms with van der Waals surface area (Å²) in [6, 6.07) is 1.78. The van der Waals surface area contributed by atoms with Crippen molar-refractivity contribution in [1.29, 1.82) is 0 Å². The topological polar surface area (TPSA) is 58.6 Å². The number of hydrogen-bond acceptors (Lipinski definition) is 5. The van der Waals surface area contributed by atoms with E-state index in [4.69, 9.17) is 4.74 Å².